The third-order valence-corrected chi connectivity index (χ3v) is 6.45. The molecule has 0 saturated heterocycles. The van der Waals surface area contributed by atoms with Gasteiger partial charge in [0.05, 0.1) is 35.6 Å². The molecule has 0 bridgehead atoms. The summed E-state index contributed by atoms with van der Waals surface area (Å²) in [5.41, 5.74) is 0.385. The van der Waals surface area contributed by atoms with Gasteiger partial charge in [-0.2, -0.15) is 10.5 Å². The number of nitriles is 2. The van der Waals surface area contributed by atoms with E-state index in [1.807, 2.05) is 12.1 Å². The average Bonchev–Trinajstić information content (AvgIpc) is 2.95. The lowest BCUT2D eigenvalue weighted by Gasteiger charge is -2.21. The molecule has 0 N–H and O–H groups in total. The Labute approximate surface area is 173 Å². The fourth-order valence-corrected chi connectivity index (χ4v) is 4.91. The zero-order valence-electron chi connectivity index (χ0n) is 15.9. The van der Waals surface area contributed by atoms with E-state index in [2.05, 4.69) is 0 Å². The minimum absolute atomic E-state index is 0.0827. The van der Waals surface area contributed by atoms with E-state index in [1.54, 1.807) is 30.3 Å². The Morgan fingerprint density at radius 1 is 1.03 bits per heavy atom. The van der Waals surface area contributed by atoms with Crippen LogP contribution in [0.2, 0.25) is 0 Å². The van der Waals surface area contributed by atoms with Crippen molar-refractivity contribution in [1.29, 1.82) is 10.5 Å². The molecule has 2 aromatic carbocycles. The smallest absolute Gasteiger partial charge is 0.327 e. The van der Waals surface area contributed by atoms with Crippen LogP contribution in [0.15, 0.2) is 41.3 Å². The van der Waals surface area contributed by atoms with Crippen molar-refractivity contribution in [3.05, 3.63) is 36.4 Å². The molecule has 2 aromatic rings. The van der Waals surface area contributed by atoms with Crippen molar-refractivity contribution in [3.63, 3.8) is 0 Å². The van der Waals surface area contributed by atoms with Gasteiger partial charge in [-0.15, -0.1) is 0 Å². The topological polar surface area (TPSA) is 132 Å². The van der Waals surface area contributed by atoms with E-state index in [4.69, 9.17) is 15.3 Å². The lowest BCUT2D eigenvalue weighted by atomic mass is 10.1. The zero-order valence-corrected chi connectivity index (χ0v) is 16.8. The third kappa shape index (κ3) is 4.04. The molecule has 30 heavy (non-hydrogen) atoms. The van der Waals surface area contributed by atoms with Crippen LogP contribution in [0.1, 0.15) is 12.8 Å². The van der Waals surface area contributed by atoms with Crippen LogP contribution in [-0.2, 0) is 24.3 Å². The van der Waals surface area contributed by atoms with Crippen LogP contribution in [0.4, 0.5) is 5.69 Å². The van der Waals surface area contributed by atoms with Gasteiger partial charge in [-0.05, 0) is 17.5 Å². The van der Waals surface area contributed by atoms with Gasteiger partial charge in [0.1, 0.15) is 6.54 Å². The summed E-state index contributed by atoms with van der Waals surface area (Å²) in [6.07, 6.45) is 0.165. The average molecular weight is 426 g/mol. The Hall–Kier alpha value is -3.63. The molecule has 0 spiro atoms. The summed E-state index contributed by atoms with van der Waals surface area (Å²) < 4.78 is 31.7. The van der Waals surface area contributed by atoms with E-state index < -0.39 is 35.1 Å². The number of sulfonamides is 1. The van der Waals surface area contributed by atoms with Crippen LogP contribution in [0, 0.1) is 22.7 Å². The van der Waals surface area contributed by atoms with E-state index in [1.165, 1.54) is 11.0 Å². The maximum atomic E-state index is 12.9. The minimum Gasteiger partial charge on any atom is -0.454 e. The second-order valence-corrected chi connectivity index (χ2v) is 8.33. The van der Waals surface area contributed by atoms with E-state index in [9.17, 15) is 18.0 Å². The second-order valence-electron chi connectivity index (χ2n) is 6.50. The number of ether oxygens (including phenoxy) is 1. The molecule has 0 aromatic heterocycles. The highest BCUT2D eigenvalue weighted by Crippen LogP contribution is 2.41. The molecule has 1 heterocycles. The highest BCUT2D eigenvalue weighted by Gasteiger charge is 2.37. The van der Waals surface area contributed by atoms with Gasteiger partial charge in [-0.3, -0.25) is 13.9 Å². The molecule has 0 atom stereocenters. The summed E-state index contributed by atoms with van der Waals surface area (Å²) in [6, 6.07) is 13.8. The Kier molecular flexibility index (Phi) is 6.19. The molecule has 3 rings (SSSR count). The van der Waals surface area contributed by atoms with Crippen molar-refractivity contribution < 1.29 is 22.7 Å². The Balaban J connectivity index is 1.68. The number of amides is 1. The number of anilines is 1. The van der Waals surface area contributed by atoms with E-state index in [0.29, 0.717) is 11.1 Å². The van der Waals surface area contributed by atoms with Crippen LogP contribution >= 0.6 is 0 Å². The highest BCUT2D eigenvalue weighted by atomic mass is 32.2. The number of nitrogens with zero attached hydrogens (tertiary/aromatic N) is 4. The van der Waals surface area contributed by atoms with Gasteiger partial charge in [0.25, 0.3) is 15.9 Å². The number of hydrogen-bond acceptors (Lipinski definition) is 7. The molecule has 0 unspecified atom stereocenters. The molecule has 0 saturated carbocycles. The molecule has 10 heteroatoms. The largest absolute Gasteiger partial charge is 0.454 e. The molecule has 9 nitrogen and oxygen atoms in total. The summed E-state index contributed by atoms with van der Waals surface area (Å²) in [4.78, 5) is 26.0. The maximum Gasteiger partial charge on any atom is 0.327 e. The first-order valence-electron chi connectivity index (χ1n) is 9.12. The number of benzene rings is 2. The first kappa shape index (κ1) is 21.1. The molecular formula is C20H18N4O5S. The predicted molar refractivity (Wildman–Crippen MR) is 106 cm³/mol. The molecule has 0 radical (unpaired) electrons. The monoisotopic (exact) mass is 426 g/mol. The predicted octanol–water partition coefficient (Wildman–Crippen LogP) is 1.55. The van der Waals surface area contributed by atoms with Gasteiger partial charge in [0, 0.05) is 18.5 Å². The van der Waals surface area contributed by atoms with Crippen LogP contribution in [-0.4, -0.2) is 51.4 Å². The fraction of sp³-hybridized carbons (Fsp3) is 0.300. The second kappa shape index (κ2) is 8.80. The number of carbonyl (C=O) groups excluding carboxylic acids is 2. The number of rotatable bonds is 8. The first-order valence-corrected chi connectivity index (χ1v) is 10.6. The van der Waals surface area contributed by atoms with Crippen molar-refractivity contribution in [2.75, 3.05) is 30.5 Å². The van der Waals surface area contributed by atoms with Gasteiger partial charge in [-0.1, -0.05) is 24.3 Å². The standard InChI is InChI=1S/C20H18N4O5S/c21-9-3-11-23(12-4-10-22)18(25)14-29-19(26)13-24-16-7-1-5-15-6-2-8-17(20(15)16)30(24,27)28/h1-2,5-8H,3-4,11-14H2. The summed E-state index contributed by atoms with van der Waals surface area (Å²) in [6.45, 7) is -0.931. The first-order chi connectivity index (χ1) is 14.4. The molecular weight excluding hydrogens is 408 g/mol. The van der Waals surface area contributed by atoms with Crippen molar-refractivity contribution in [2.45, 2.75) is 17.7 Å². The van der Waals surface area contributed by atoms with Crippen molar-refractivity contribution in [3.8, 4) is 12.1 Å². The van der Waals surface area contributed by atoms with Gasteiger partial charge in [0.2, 0.25) is 0 Å². The quantitative estimate of drug-likeness (QED) is 0.585. The third-order valence-electron chi connectivity index (χ3n) is 4.65. The van der Waals surface area contributed by atoms with Crippen molar-refractivity contribution in [2.24, 2.45) is 0 Å². The molecule has 1 aliphatic rings. The van der Waals surface area contributed by atoms with Crippen molar-refractivity contribution in [1.82, 2.24) is 4.90 Å². The highest BCUT2D eigenvalue weighted by molar-refractivity contribution is 7.93. The Morgan fingerprint density at radius 3 is 2.30 bits per heavy atom. The Bertz CT molecular complexity index is 1160. The van der Waals surface area contributed by atoms with E-state index in [0.717, 1.165) is 9.69 Å². The summed E-state index contributed by atoms with van der Waals surface area (Å²) in [5.74, 6) is -1.43. The summed E-state index contributed by atoms with van der Waals surface area (Å²) in [5, 5.41) is 18.7. The van der Waals surface area contributed by atoms with Gasteiger partial charge < -0.3 is 9.64 Å². The number of carbonyl (C=O) groups is 2. The van der Waals surface area contributed by atoms with Gasteiger partial charge in [-0.25, -0.2) is 8.42 Å². The fourth-order valence-electron chi connectivity index (χ4n) is 3.26. The van der Waals surface area contributed by atoms with Crippen molar-refractivity contribution >= 4 is 38.4 Å². The van der Waals surface area contributed by atoms with Gasteiger partial charge in [0.15, 0.2) is 6.61 Å². The van der Waals surface area contributed by atoms with E-state index >= 15 is 0 Å². The SMILES string of the molecule is N#CCCN(CCC#N)C(=O)COC(=O)CN1c2cccc3cccc(c23)S1(=O)=O. The van der Waals surface area contributed by atoms with E-state index in [-0.39, 0.29) is 30.8 Å². The Morgan fingerprint density at radius 2 is 1.67 bits per heavy atom. The lowest BCUT2D eigenvalue weighted by molar-refractivity contribution is -0.150. The zero-order chi connectivity index (χ0) is 21.7. The number of hydrogen-bond donors (Lipinski definition) is 0. The lowest BCUT2D eigenvalue weighted by Crippen LogP contribution is -2.38. The summed E-state index contributed by atoms with van der Waals surface area (Å²) in [7, 11) is -3.91. The minimum atomic E-state index is -3.91. The van der Waals surface area contributed by atoms with Crippen LogP contribution in [0.5, 0.6) is 0 Å². The normalized spacial score (nSPS) is 13.5. The molecule has 0 aliphatic carbocycles. The maximum absolute atomic E-state index is 12.9. The summed E-state index contributed by atoms with van der Waals surface area (Å²) >= 11 is 0. The van der Waals surface area contributed by atoms with Gasteiger partial charge >= 0.3 is 5.97 Å². The van der Waals surface area contributed by atoms with Crippen LogP contribution in [0.3, 0.4) is 0 Å². The molecule has 0 fully saturated rings. The van der Waals surface area contributed by atoms with Crippen LogP contribution < -0.4 is 4.31 Å². The number of esters is 1. The van der Waals surface area contributed by atoms with Crippen LogP contribution in [0.25, 0.3) is 10.8 Å². The molecule has 1 amide bonds. The molecule has 154 valence electrons. The molecule has 1 aliphatic heterocycles.